The smallest absolute Gasteiger partial charge is 0.305 e. The van der Waals surface area contributed by atoms with Crippen molar-refractivity contribution in [1.29, 1.82) is 0 Å². The van der Waals surface area contributed by atoms with Gasteiger partial charge in [-0.25, -0.2) is 4.39 Å². The molecule has 1 N–H and O–H groups in total. The molecule has 1 saturated heterocycles. The third-order valence-corrected chi connectivity index (χ3v) is 3.41. The molecule has 0 spiro atoms. The van der Waals surface area contributed by atoms with Crippen LogP contribution >= 0.6 is 11.6 Å². The highest BCUT2D eigenvalue weighted by Crippen LogP contribution is 2.29. The second-order valence-corrected chi connectivity index (χ2v) is 4.86. The summed E-state index contributed by atoms with van der Waals surface area (Å²) in [6, 6.07) is 3.86. The zero-order valence-corrected chi connectivity index (χ0v) is 11.1. The molecule has 0 amide bonds. The Kier molecular flexibility index (Phi) is 4.74. The maximum Gasteiger partial charge on any atom is 0.305 e. The normalized spacial score (nSPS) is 18.2. The van der Waals surface area contributed by atoms with E-state index >= 15 is 0 Å². The van der Waals surface area contributed by atoms with Crippen LogP contribution in [0.1, 0.15) is 18.0 Å². The molecule has 1 aromatic rings. The lowest BCUT2D eigenvalue weighted by Gasteiger charge is -2.34. The van der Waals surface area contributed by atoms with Gasteiger partial charge in [-0.05, 0) is 12.1 Å². The van der Waals surface area contributed by atoms with E-state index in [0.717, 1.165) is 0 Å². The lowest BCUT2D eigenvalue weighted by molar-refractivity contribution is -0.139. The van der Waals surface area contributed by atoms with Gasteiger partial charge >= 0.3 is 5.97 Å². The first-order valence-electron chi connectivity index (χ1n) is 6.06. The molecule has 4 nitrogen and oxygen atoms in total. The monoisotopic (exact) mass is 287 g/mol. The van der Waals surface area contributed by atoms with Crippen molar-refractivity contribution in [1.82, 2.24) is 4.90 Å². The van der Waals surface area contributed by atoms with Gasteiger partial charge in [0.2, 0.25) is 0 Å². The van der Waals surface area contributed by atoms with Gasteiger partial charge in [0, 0.05) is 29.7 Å². The summed E-state index contributed by atoms with van der Waals surface area (Å²) in [5, 5.41) is 9.32. The van der Waals surface area contributed by atoms with Crippen molar-refractivity contribution in [2.24, 2.45) is 0 Å². The van der Waals surface area contributed by atoms with Crippen LogP contribution in [0, 0.1) is 5.82 Å². The number of carboxylic acid groups (broad SMARTS) is 1. The average molecular weight is 288 g/mol. The molecule has 0 radical (unpaired) electrons. The third-order valence-electron chi connectivity index (χ3n) is 3.18. The van der Waals surface area contributed by atoms with E-state index in [4.69, 9.17) is 21.4 Å². The number of benzene rings is 1. The molecule has 2 rings (SSSR count). The summed E-state index contributed by atoms with van der Waals surface area (Å²) in [6.45, 7) is 2.26. The van der Waals surface area contributed by atoms with Crippen LogP contribution in [-0.2, 0) is 9.53 Å². The molecular weight excluding hydrogens is 273 g/mol. The van der Waals surface area contributed by atoms with Crippen LogP contribution in [0.3, 0.4) is 0 Å². The number of morpholine rings is 1. The Bertz CT molecular complexity index is 463. The first-order chi connectivity index (χ1) is 9.08. The van der Waals surface area contributed by atoms with E-state index < -0.39 is 17.8 Å². The summed E-state index contributed by atoms with van der Waals surface area (Å²) < 4.78 is 19.2. The summed E-state index contributed by atoms with van der Waals surface area (Å²) in [5.74, 6) is -1.42. The number of carbonyl (C=O) groups is 1. The van der Waals surface area contributed by atoms with E-state index in [-0.39, 0.29) is 6.42 Å². The molecule has 0 bridgehead atoms. The molecule has 0 aromatic heterocycles. The quantitative estimate of drug-likeness (QED) is 0.923. The molecule has 1 fully saturated rings. The Labute approximate surface area is 115 Å². The van der Waals surface area contributed by atoms with Gasteiger partial charge in [0.1, 0.15) is 5.82 Å². The van der Waals surface area contributed by atoms with Gasteiger partial charge in [0.15, 0.2) is 0 Å². The SMILES string of the molecule is O=C(O)CC(c1ccc(Cl)cc1F)N1CCOCC1. The minimum atomic E-state index is -0.953. The van der Waals surface area contributed by atoms with Gasteiger partial charge in [0.25, 0.3) is 0 Å². The van der Waals surface area contributed by atoms with E-state index in [9.17, 15) is 9.18 Å². The number of aliphatic carboxylic acids is 1. The number of hydrogen-bond donors (Lipinski definition) is 1. The molecule has 1 heterocycles. The van der Waals surface area contributed by atoms with Crippen LogP contribution in [0.2, 0.25) is 5.02 Å². The summed E-state index contributed by atoms with van der Waals surface area (Å²) in [4.78, 5) is 12.9. The predicted molar refractivity (Wildman–Crippen MR) is 68.8 cm³/mol. The molecule has 0 saturated carbocycles. The highest BCUT2D eigenvalue weighted by Gasteiger charge is 2.27. The second kappa shape index (κ2) is 6.32. The Balaban J connectivity index is 2.27. The maximum absolute atomic E-state index is 14.0. The number of ether oxygens (including phenoxy) is 1. The summed E-state index contributed by atoms with van der Waals surface area (Å²) in [5.41, 5.74) is 0.369. The fourth-order valence-electron chi connectivity index (χ4n) is 2.26. The van der Waals surface area contributed by atoms with Crippen LogP contribution in [0.15, 0.2) is 18.2 Å². The van der Waals surface area contributed by atoms with Gasteiger partial charge < -0.3 is 9.84 Å². The van der Waals surface area contributed by atoms with Gasteiger partial charge in [0.05, 0.1) is 19.6 Å². The van der Waals surface area contributed by atoms with Crippen LogP contribution in [0.25, 0.3) is 0 Å². The molecule has 1 atom stereocenters. The van der Waals surface area contributed by atoms with E-state index in [0.29, 0.717) is 36.9 Å². The molecule has 1 aromatic carbocycles. The highest BCUT2D eigenvalue weighted by atomic mass is 35.5. The topological polar surface area (TPSA) is 49.8 Å². The van der Waals surface area contributed by atoms with Crippen molar-refractivity contribution in [3.8, 4) is 0 Å². The first-order valence-corrected chi connectivity index (χ1v) is 6.44. The minimum Gasteiger partial charge on any atom is -0.481 e. The predicted octanol–water partition coefficient (Wildman–Crippen LogP) is 2.33. The first kappa shape index (κ1) is 14.2. The van der Waals surface area contributed by atoms with Crippen LogP contribution < -0.4 is 0 Å². The zero-order valence-electron chi connectivity index (χ0n) is 10.3. The number of carboxylic acids is 1. The number of rotatable bonds is 4. The third kappa shape index (κ3) is 3.65. The van der Waals surface area contributed by atoms with E-state index in [2.05, 4.69) is 0 Å². The zero-order chi connectivity index (χ0) is 13.8. The Morgan fingerprint density at radius 1 is 1.47 bits per heavy atom. The van der Waals surface area contributed by atoms with Crippen molar-refractivity contribution in [3.05, 3.63) is 34.6 Å². The molecule has 104 valence electrons. The van der Waals surface area contributed by atoms with Gasteiger partial charge in [-0.15, -0.1) is 0 Å². The largest absolute Gasteiger partial charge is 0.481 e. The second-order valence-electron chi connectivity index (χ2n) is 4.43. The summed E-state index contributed by atoms with van der Waals surface area (Å²) in [6.07, 6.45) is -0.140. The Hall–Kier alpha value is -1.17. The van der Waals surface area contributed by atoms with Gasteiger partial charge in [-0.1, -0.05) is 17.7 Å². The molecule has 19 heavy (non-hydrogen) atoms. The molecule has 1 unspecified atom stereocenters. The molecule has 1 aliphatic rings. The Morgan fingerprint density at radius 2 is 2.16 bits per heavy atom. The minimum absolute atomic E-state index is 0.140. The van der Waals surface area contributed by atoms with Crippen molar-refractivity contribution in [3.63, 3.8) is 0 Å². The molecule has 0 aliphatic carbocycles. The van der Waals surface area contributed by atoms with Crippen molar-refractivity contribution in [2.75, 3.05) is 26.3 Å². The van der Waals surface area contributed by atoms with Crippen molar-refractivity contribution >= 4 is 17.6 Å². The molecular formula is C13H15ClFNO3. The van der Waals surface area contributed by atoms with E-state index in [1.54, 1.807) is 12.1 Å². The van der Waals surface area contributed by atoms with E-state index in [1.165, 1.54) is 6.07 Å². The average Bonchev–Trinajstić information content (AvgIpc) is 2.37. The lowest BCUT2D eigenvalue weighted by atomic mass is 10.0. The fourth-order valence-corrected chi connectivity index (χ4v) is 2.42. The van der Waals surface area contributed by atoms with E-state index in [1.807, 2.05) is 4.90 Å². The fraction of sp³-hybridized carbons (Fsp3) is 0.462. The number of nitrogens with zero attached hydrogens (tertiary/aromatic N) is 1. The molecule has 1 aliphatic heterocycles. The van der Waals surface area contributed by atoms with Crippen LogP contribution in [0.4, 0.5) is 4.39 Å². The Morgan fingerprint density at radius 3 is 2.74 bits per heavy atom. The lowest BCUT2D eigenvalue weighted by Crippen LogP contribution is -2.40. The van der Waals surface area contributed by atoms with Gasteiger partial charge in [-0.2, -0.15) is 0 Å². The maximum atomic E-state index is 14.0. The molecule has 6 heteroatoms. The van der Waals surface area contributed by atoms with Crippen molar-refractivity contribution in [2.45, 2.75) is 12.5 Å². The standard InChI is InChI=1S/C13H15ClFNO3/c14-9-1-2-10(11(15)7-9)12(8-13(17)18)16-3-5-19-6-4-16/h1-2,7,12H,3-6,8H2,(H,17,18). The summed E-state index contributed by atoms with van der Waals surface area (Å²) >= 11 is 5.72. The number of halogens is 2. The van der Waals surface area contributed by atoms with Crippen molar-refractivity contribution < 1.29 is 19.0 Å². The highest BCUT2D eigenvalue weighted by molar-refractivity contribution is 6.30. The van der Waals surface area contributed by atoms with Crippen LogP contribution in [-0.4, -0.2) is 42.3 Å². The van der Waals surface area contributed by atoms with Crippen LogP contribution in [0.5, 0.6) is 0 Å². The number of hydrogen-bond acceptors (Lipinski definition) is 3. The summed E-state index contributed by atoms with van der Waals surface area (Å²) in [7, 11) is 0. The van der Waals surface area contributed by atoms with Gasteiger partial charge in [-0.3, -0.25) is 9.69 Å².